The number of benzene rings is 3. The smallest absolute Gasteiger partial charge is 0.277 e. The summed E-state index contributed by atoms with van der Waals surface area (Å²) >= 11 is 11.8. The first-order chi connectivity index (χ1) is 16.4. The van der Waals surface area contributed by atoms with E-state index in [1.807, 2.05) is 30.3 Å². The van der Waals surface area contributed by atoms with Gasteiger partial charge in [0.05, 0.1) is 11.4 Å². The summed E-state index contributed by atoms with van der Waals surface area (Å²) in [6, 6.07) is 21.6. The average Bonchev–Trinajstić information content (AvgIpc) is 2.82. The van der Waals surface area contributed by atoms with Crippen molar-refractivity contribution < 1.29 is 19.1 Å². The number of rotatable bonds is 10. The summed E-state index contributed by atoms with van der Waals surface area (Å²) < 4.78 is 11.1. The molecule has 0 saturated carbocycles. The summed E-state index contributed by atoms with van der Waals surface area (Å²) in [6.07, 6.45) is 0.0103. The van der Waals surface area contributed by atoms with Crippen LogP contribution in [0.15, 0.2) is 77.9 Å². The average molecular weight is 500 g/mol. The number of carbonyl (C=O) groups excluding carboxylic acids is 2. The van der Waals surface area contributed by atoms with Crippen molar-refractivity contribution in [3.63, 3.8) is 0 Å². The SMILES string of the molecule is C/C(CC(=O)Nc1ccc(OCc2ccccc2)cc1)=N\NC(=O)COc1ccc(Cl)cc1Cl. The molecule has 0 bridgehead atoms. The maximum Gasteiger partial charge on any atom is 0.277 e. The molecule has 0 aliphatic heterocycles. The summed E-state index contributed by atoms with van der Waals surface area (Å²) in [4.78, 5) is 24.2. The van der Waals surface area contributed by atoms with Crippen LogP contribution in [-0.2, 0) is 16.2 Å². The minimum absolute atomic E-state index is 0.0103. The largest absolute Gasteiger partial charge is 0.489 e. The number of ether oxygens (including phenoxy) is 2. The van der Waals surface area contributed by atoms with Crippen LogP contribution in [0.4, 0.5) is 5.69 Å². The highest BCUT2D eigenvalue weighted by molar-refractivity contribution is 6.35. The fourth-order valence-electron chi connectivity index (χ4n) is 2.78. The number of hydrogen-bond acceptors (Lipinski definition) is 5. The van der Waals surface area contributed by atoms with Crippen LogP contribution >= 0.6 is 23.2 Å². The van der Waals surface area contributed by atoms with Crippen molar-refractivity contribution in [2.75, 3.05) is 11.9 Å². The van der Waals surface area contributed by atoms with Gasteiger partial charge in [0.25, 0.3) is 5.91 Å². The molecule has 3 rings (SSSR count). The number of amides is 2. The van der Waals surface area contributed by atoms with Crippen molar-refractivity contribution in [1.82, 2.24) is 5.43 Å². The molecule has 7 nitrogen and oxygen atoms in total. The van der Waals surface area contributed by atoms with Crippen LogP contribution in [0.1, 0.15) is 18.9 Å². The van der Waals surface area contributed by atoms with Gasteiger partial charge in [0.1, 0.15) is 18.1 Å². The first kappa shape index (κ1) is 25.1. The molecule has 0 fully saturated rings. The predicted octanol–water partition coefficient (Wildman–Crippen LogP) is 5.47. The summed E-state index contributed by atoms with van der Waals surface area (Å²) in [6.45, 7) is 1.81. The van der Waals surface area contributed by atoms with E-state index in [4.69, 9.17) is 32.7 Å². The second-order valence-corrected chi connectivity index (χ2v) is 8.11. The van der Waals surface area contributed by atoms with Gasteiger partial charge < -0.3 is 14.8 Å². The second-order valence-electron chi connectivity index (χ2n) is 7.27. The summed E-state index contributed by atoms with van der Waals surface area (Å²) in [5.41, 5.74) is 4.47. The van der Waals surface area contributed by atoms with Gasteiger partial charge in [-0.25, -0.2) is 5.43 Å². The Labute approximate surface area is 207 Å². The fraction of sp³-hybridized carbons (Fsp3) is 0.160. The van der Waals surface area contributed by atoms with E-state index in [-0.39, 0.29) is 18.9 Å². The van der Waals surface area contributed by atoms with Crippen molar-refractivity contribution in [1.29, 1.82) is 0 Å². The van der Waals surface area contributed by atoms with Gasteiger partial charge >= 0.3 is 0 Å². The third-order valence-corrected chi connectivity index (χ3v) is 4.96. The number of carbonyl (C=O) groups is 2. The Hall–Kier alpha value is -3.55. The first-order valence-corrected chi connectivity index (χ1v) is 11.1. The van der Waals surface area contributed by atoms with E-state index in [1.165, 1.54) is 6.07 Å². The molecule has 2 amide bonds. The van der Waals surface area contributed by atoms with E-state index in [0.29, 0.717) is 39.6 Å². The standard InChI is InChI=1S/C25H23Cl2N3O4/c1-17(29-30-25(32)16-34-23-12-7-19(26)14-22(23)27)13-24(31)28-20-8-10-21(11-9-20)33-15-18-5-3-2-4-6-18/h2-12,14H,13,15-16H2,1H3,(H,28,31)(H,30,32)/b29-17+. The molecule has 3 aromatic carbocycles. The lowest BCUT2D eigenvalue weighted by molar-refractivity contribution is -0.123. The molecule has 0 aliphatic carbocycles. The molecule has 0 saturated heterocycles. The van der Waals surface area contributed by atoms with Gasteiger partial charge in [-0.05, 0) is 55.0 Å². The third kappa shape index (κ3) is 8.42. The Morgan fingerprint density at radius 2 is 1.65 bits per heavy atom. The van der Waals surface area contributed by atoms with Crippen LogP contribution < -0.4 is 20.2 Å². The van der Waals surface area contributed by atoms with Gasteiger partial charge in [-0.3, -0.25) is 9.59 Å². The van der Waals surface area contributed by atoms with Crippen LogP contribution in [0, 0.1) is 0 Å². The van der Waals surface area contributed by atoms with Crippen molar-refractivity contribution in [2.24, 2.45) is 5.10 Å². The minimum atomic E-state index is -0.489. The van der Waals surface area contributed by atoms with E-state index in [9.17, 15) is 9.59 Å². The van der Waals surface area contributed by atoms with Gasteiger partial charge in [0, 0.05) is 16.4 Å². The number of nitrogens with one attached hydrogen (secondary N) is 2. The number of nitrogens with zero attached hydrogens (tertiary/aromatic N) is 1. The van der Waals surface area contributed by atoms with Crippen LogP contribution in [0.3, 0.4) is 0 Å². The lowest BCUT2D eigenvalue weighted by Gasteiger charge is -2.09. The topological polar surface area (TPSA) is 89.0 Å². The van der Waals surface area contributed by atoms with Gasteiger partial charge in [-0.1, -0.05) is 53.5 Å². The normalized spacial score (nSPS) is 11.0. The summed E-state index contributed by atoms with van der Waals surface area (Å²) in [5, 5.41) is 7.47. The van der Waals surface area contributed by atoms with Crippen molar-refractivity contribution in [3.8, 4) is 11.5 Å². The molecule has 34 heavy (non-hydrogen) atoms. The van der Waals surface area contributed by atoms with Gasteiger partial charge in [0.2, 0.25) is 5.91 Å². The summed E-state index contributed by atoms with van der Waals surface area (Å²) in [5.74, 6) is 0.275. The van der Waals surface area contributed by atoms with Crippen molar-refractivity contribution >= 4 is 46.4 Å². The highest BCUT2D eigenvalue weighted by Crippen LogP contribution is 2.27. The Morgan fingerprint density at radius 3 is 2.35 bits per heavy atom. The Morgan fingerprint density at radius 1 is 0.912 bits per heavy atom. The van der Waals surface area contributed by atoms with E-state index in [0.717, 1.165) is 5.56 Å². The molecule has 3 aromatic rings. The van der Waals surface area contributed by atoms with Crippen molar-refractivity contribution in [2.45, 2.75) is 20.0 Å². The van der Waals surface area contributed by atoms with Gasteiger partial charge in [0.15, 0.2) is 6.61 Å². The molecule has 0 aromatic heterocycles. The molecule has 176 valence electrons. The second kappa shape index (κ2) is 12.6. The van der Waals surface area contributed by atoms with Crippen LogP contribution in [-0.4, -0.2) is 24.1 Å². The third-order valence-electron chi connectivity index (χ3n) is 4.43. The molecule has 9 heteroatoms. The quantitative estimate of drug-likeness (QED) is 0.285. The Kier molecular flexibility index (Phi) is 9.31. The highest BCUT2D eigenvalue weighted by Gasteiger charge is 2.08. The minimum Gasteiger partial charge on any atom is -0.489 e. The Bertz CT molecular complexity index is 1150. The van der Waals surface area contributed by atoms with Crippen LogP contribution in [0.25, 0.3) is 0 Å². The molecule has 0 atom stereocenters. The molecule has 0 radical (unpaired) electrons. The monoisotopic (exact) mass is 499 g/mol. The maximum atomic E-state index is 12.3. The van der Waals surface area contributed by atoms with Gasteiger partial charge in [-0.2, -0.15) is 5.10 Å². The molecule has 0 heterocycles. The molecule has 0 aliphatic rings. The van der Waals surface area contributed by atoms with Gasteiger partial charge in [-0.15, -0.1) is 0 Å². The lowest BCUT2D eigenvalue weighted by Crippen LogP contribution is -2.26. The Balaban J connectivity index is 1.39. The van der Waals surface area contributed by atoms with E-state index in [2.05, 4.69) is 15.8 Å². The molecule has 2 N–H and O–H groups in total. The van der Waals surface area contributed by atoms with E-state index >= 15 is 0 Å². The number of halogens is 2. The highest BCUT2D eigenvalue weighted by atomic mass is 35.5. The first-order valence-electron chi connectivity index (χ1n) is 10.4. The molecule has 0 unspecified atom stereocenters. The van der Waals surface area contributed by atoms with Crippen molar-refractivity contribution in [3.05, 3.63) is 88.4 Å². The van der Waals surface area contributed by atoms with Crippen LogP contribution in [0.2, 0.25) is 10.0 Å². The zero-order chi connectivity index (χ0) is 24.3. The van der Waals surface area contributed by atoms with E-state index < -0.39 is 5.91 Å². The van der Waals surface area contributed by atoms with Crippen LogP contribution in [0.5, 0.6) is 11.5 Å². The zero-order valence-electron chi connectivity index (χ0n) is 18.4. The number of hydrogen-bond donors (Lipinski definition) is 2. The molecular weight excluding hydrogens is 477 g/mol. The maximum absolute atomic E-state index is 12.3. The predicted molar refractivity (Wildman–Crippen MR) is 134 cm³/mol. The molecular formula is C25H23Cl2N3O4. The molecule has 0 spiro atoms. The number of hydrazone groups is 1. The van der Waals surface area contributed by atoms with E-state index in [1.54, 1.807) is 43.3 Å². The zero-order valence-corrected chi connectivity index (χ0v) is 19.9. The summed E-state index contributed by atoms with van der Waals surface area (Å²) in [7, 11) is 0. The fourth-order valence-corrected chi connectivity index (χ4v) is 3.24. The number of anilines is 1. The lowest BCUT2D eigenvalue weighted by atomic mass is 10.2.